The molecule has 0 unspecified atom stereocenters. The van der Waals surface area contributed by atoms with Gasteiger partial charge in [-0.3, -0.25) is 4.79 Å². The van der Waals surface area contributed by atoms with Gasteiger partial charge in [0, 0.05) is 11.8 Å². The van der Waals surface area contributed by atoms with E-state index in [0.717, 1.165) is 11.1 Å². The Labute approximate surface area is 172 Å². The summed E-state index contributed by atoms with van der Waals surface area (Å²) in [4.78, 5) is 12.2. The maximum Gasteiger partial charge on any atom is 0.230 e. The van der Waals surface area contributed by atoms with E-state index in [0.29, 0.717) is 35.7 Å². The van der Waals surface area contributed by atoms with Crippen LogP contribution in [0.3, 0.4) is 0 Å². The minimum absolute atomic E-state index is 0.0962. The van der Waals surface area contributed by atoms with Gasteiger partial charge in [0.1, 0.15) is 6.61 Å². The highest BCUT2D eigenvalue weighted by molar-refractivity contribution is 8.00. The highest BCUT2D eigenvalue weighted by atomic mass is 32.2. The van der Waals surface area contributed by atoms with Gasteiger partial charge in [-0.1, -0.05) is 55.7 Å². The first-order chi connectivity index (χ1) is 13.7. The van der Waals surface area contributed by atoms with E-state index in [1.165, 1.54) is 32.1 Å². The van der Waals surface area contributed by atoms with Crippen molar-refractivity contribution in [3.63, 3.8) is 0 Å². The second-order valence-corrected chi connectivity index (χ2v) is 8.40. The second kappa shape index (κ2) is 11.0. The third-order valence-corrected chi connectivity index (χ3v) is 6.33. The molecule has 0 heterocycles. The number of amides is 1. The Morgan fingerprint density at radius 3 is 2.57 bits per heavy atom. The van der Waals surface area contributed by atoms with Crippen molar-refractivity contribution in [2.45, 2.75) is 50.5 Å². The molecule has 2 aromatic rings. The standard InChI is InChI=1S/C23H29NO3S/c1-26-22-14-19(12-13-21(22)27-16-18-8-4-2-5-9-18)15-24-23(25)17-28-20-10-6-3-7-11-20/h2,4-5,8-9,12-14,20H,3,6-7,10-11,15-17H2,1H3,(H,24,25). The molecule has 1 N–H and O–H groups in total. The SMILES string of the molecule is COc1cc(CNC(=O)CSC2CCCCC2)ccc1OCc1ccccc1. The number of ether oxygens (including phenoxy) is 2. The first-order valence-corrected chi connectivity index (χ1v) is 11.0. The second-order valence-electron chi connectivity index (χ2n) is 7.11. The van der Waals surface area contributed by atoms with E-state index in [4.69, 9.17) is 9.47 Å². The van der Waals surface area contributed by atoms with E-state index in [2.05, 4.69) is 5.32 Å². The number of carbonyl (C=O) groups excluding carboxylic acids is 1. The number of benzene rings is 2. The summed E-state index contributed by atoms with van der Waals surface area (Å²) in [6.07, 6.45) is 6.45. The minimum Gasteiger partial charge on any atom is -0.493 e. The molecule has 1 amide bonds. The van der Waals surface area contributed by atoms with Gasteiger partial charge >= 0.3 is 0 Å². The summed E-state index contributed by atoms with van der Waals surface area (Å²) in [7, 11) is 1.63. The lowest BCUT2D eigenvalue weighted by Gasteiger charge is -2.20. The van der Waals surface area contributed by atoms with Crippen molar-refractivity contribution in [2.75, 3.05) is 12.9 Å². The predicted molar refractivity (Wildman–Crippen MR) is 115 cm³/mol. The van der Waals surface area contributed by atoms with Gasteiger partial charge in [-0.15, -0.1) is 11.8 Å². The molecule has 28 heavy (non-hydrogen) atoms. The summed E-state index contributed by atoms with van der Waals surface area (Å²) in [6, 6.07) is 15.8. The Morgan fingerprint density at radius 2 is 1.82 bits per heavy atom. The number of nitrogens with one attached hydrogen (secondary N) is 1. The van der Waals surface area contributed by atoms with Crippen LogP contribution in [0.4, 0.5) is 0 Å². The van der Waals surface area contributed by atoms with Crippen molar-refractivity contribution in [1.29, 1.82) is 0 Å². The molecule has 0 radical (unpaired) electrons. The zero-order valence-electron chi connectivity index (χ0n) is 16.5. The Kier molecular flexibility index (Phi) is 8.09. The van der Waals surface area contributed by atoms with Gasteiger partial charge in [0.25, 0.3) is 0 Å². The van der Waals surface area contributed by atoms with Crippen LogP contribution in [0.15, 0.2) is 48.5 Å². The largest absolute Gasteiger partial charge is 0.493 e. The van der Waals surface area contributed by atoms with Gasteiger partial charge in [0.2, 0.25) is 5.91 Å². The van der Waals surface area contributed by atoms with Crippen LogP contribution in [0.1, 0.15) is 43.2 Å². The summed E-state index contributed by atoms with van der Waals surface area (Å²) in [6.45, 7) is 0.991. The maximum absolute atomic E-state index is 12.2. The van der Waals surface area contributed by atoms with Crippen molar-refractivity contribution < 1.29 is 14.3 Å². The van der Waals surface area contributed by atoms with Gasteiger partial charge in [-0.2, -0.15) is 0 Å². The molecule has 1 aliphatic carbocycles. The van der Waals surface area contributed by atoms with Gasteiger partial charge in [-0.05, 0) is 36.1 Å². The van der Waals surface area contributed by atoms with Crippen molar-refractivity contribution in [2.24, 2.45) is 0 Å². The van der Waals surface area contributed by atoms with Crippen LogP contribution in [0.25, 0.3) is 0 Å². The molecule has 0 aliphatic heterocycles. The molecule has 150 valence electrons. The predicted octanol–water partition coefficient (Wildman–Crippen LogP) is 4.96. The normalized spacial score (nSPS) is 14.5. The Hall–Kier alpha value is -2.14. The van der Waals surface area contributed by atoms with E-state index in [-0.39, 0.29) is 5.91 Å². The molecule has 3 rings (SSSR count). The first-order valence-electron chi connectivity index (χ1n) is 9.96. The molecular formula is C23H29NO3S. The van der Waals surface area contributed by atoms with Gasteiger partial charge in [0.05, 0.1) is 12.9 Å². The molecule has 0 atom stereocenters. The molecule has 0 saturated heterocycles. The highest BCUT2D eigenvalue weighted by Crippen LogP contribution is 2.29. The molecule has 1 saturated carbocycles. The molecule has 0 bridgehead atoms. The Bertz CT molecular complexity index is 745. The van der Waals surface area contributed by atoms with Crippen LogP contribution >= 0.6 is 11.8 Å². The highest BCUT2D eigenvalue weighted by Gasteiger charge is 2.15. The lowest BCUT2D eigenvalue weighted by Crippen LogP contribution is -2.26. The van der Waals surface area contributed by atoms with E-state index in [1.54, 1.807) is 18.9 Å². The lowest BCUT2D eigenvalue weighted by molar-refractivity contribution is -0.118. The Morgan fingerprint density at radius 1 is 1.04 bits per heavy atom. The number of thioether (sulfide) groups is 1. The number of hydrogen-bond donors (Lipinski definition) is 1. The topological polar surface area (TPSA) is 47.6 Å². The van der Waals surface area contributed by atoms with Gasteiger partial charge < -0.3 is 14.8 Å². The van der Waals surface area contributed by atoms with Crippen molar-refractivity contribution >= 4 is 17.7 Å². The third kappa shape index (κ3) is 6.48. The summed E-state index contributed by atoms with van der Waals surface area (Å²) in [5.41, 5.74) is 2.11. The summed E-state index contributed by atoms with van der Waals surface area (Å²) < 4.78 is 11.4. The fraction of sp³-hybridized carbons (Fsp3) is 0.435. The number of methoxy groups -OCH3 is 1. The van der Waals surface area contributed by atoms with Crippen LogP contribution in [0.5, 0.6) is 11.5 Å². The number of carbonyl (C=O) groups is 1. The average molecular weight is 400 g/mol. The minimum atomic E-state index is 0.0962. The molecule has 0 spiro atoms. The quantitative estimate of drug-likeness (QED) is 0.648. The number of rotatable bonds is 9. The molecule has 4 nitrogen and oxygen atoms in total. The summed E-state index contributed by atoms with van der Waals surface area (Å²) in [5.74, 6) is 2.02. The number of hydrogen-bond acceptors (Lipinski definition) is 4. The Balaban J connectivity index is 1.46. The fourth-order valence-electron chi connectivity index (χ4n) is 3.35. The molecule has 1 aliphatic rings. The van der Waals surface area contributed by atoms with Crippen molar-refractivity contribution in [3.05, 3.63) is 59.7 Å². The molecule has 1 fully saturated rings. The van der Waals surface area contributed by atoms with E-state index in [9.17, 15) is 4.79 Å². The van der Waals surface area contributed by atoms with E-state index < -0.39 is 0 Å². The molecule has 2 aromatic carbocycles. The van der Waals surface area contributed by atoms with Crippen LogP contribution in [-0.4, -0.2) is 24.0 Å². The third-order valence-electron chi connectivity index (χ3n) is 4.96. The molecule has 0 aromatic heterocycles. The van der Waals surface area contributed by atoms with E-state index in [1.807, 2.05) is 48.5 Å². The maximum atomic E-state index is 12.2. The summed E-state index contributed by atoms with van der Waals surface area (Å²) >= 11 is 1.80. The van der Waals surface area contributed by atoms with Gasteiger partial charge in [0.15, 0.2) is 11.5 Å². The smallest absolute Gasteiger partial charge is 0.230 e. The van der Waals surface area contributed by atoms with Crippen LogP contribution in [0.2, 0.25) is 0 Å². The molecule has 5 heteroatoms. The van der Waals surface area contributed by atoms with Gasteiger partial charge in [-0.25, -0.2) is 0 Å². The zero-order valence-corrected chi connectivity index (χ0v) is 17.3. The van der Waals surface area contributed by atoms with Crippen molar-refractivity contribution in [3.8, 4) is 11.5 Å². The lowest BCUT2D eigenvalue weighted by atomic mass is 10.0. The monoisotopic (exact) mass is 399 g/mol. The fourth-order valence-corrected chi connectivity index (χ4v) is 4.51. The first kappa shape index (κ1) is 20.6. The average Bonchev–Trinajstić information content (AvgIpc) is 2.76. The van der Waals surface area contributed by atoms with Crippen LogP contribution in [0, 0.1) is 0 Å². The zero-order chi connectivity index (χ0) is 19.6. The van der Waals surface area contributed by atoms with Crippen LogP contribution < -0.4 is 14.8 Å². The van der Waals surface area contributed by atoms with Crippen molar-refractivity contribution in [1.82, 2.24) is 5.32 Å². The van der Waals surface area contributed by atoms with Crippen LogP contribution in [-0.2, 0) is 17.9 Å². The van der Waals surface area contributed by atoms with E-state index >= 15 is 0 Å². The molecular weight excluding hydrogens is 370 g/mol. The summed E-state index contributed by atoms with van der Waals surface area (Å²) in [5, 5.41) is 3.66.